The quantitative estimate of drug-likeness (QED) is 0.738. The van der Waals surface area contributed by atoms with Crippen LogP contribution in [0.15, 0.2) is 47.3 Å². The largest absolute Gasteiger partial charge is 0.497 e. The highest BCUT2D eigenvalue weighted by Crippen LogP contribution is 2.24. The van der Waals surface area contributed by atoms with E-state index in [1.54, 1.807) is 38.5 Å². The van der Waals surface area contributed by atoms with Crippen molar-refractivity contribution < 1.29 is 14.3 Å². The Labute approximate surface area is 132 Å². The first-order valence-corrected chi connectivity index (χ1v) is 6.97. The van der Waals surface area contributed by atoms with Crippen LogP contribution in [0.1, 0.15) is 0 Å². The summed E-state index contributed by atoms with van der Waals surface area (Å²) in [5.74, 6) is 1.68. The van der Waals surface area contributed by atoms with Gasteiger partial charge in [-0.25, -0.2) is 4.98 Å². The molecule has 0 aliphatic rings. The maximum atomic E-state index is 12.7. The van der Waals surface area contributed by atoms with Crippen molar-refractivity contribution in [3.8, 4) is 22.9 Å². The highest BCUT2D eigenvalue weighted by atomic mass is 16.7. The fourth-order valence-corrected chi connectivity index (χ4v) is 2.39. The number of fused-ring (bicyclic) bond motifs is 1. The number of ether oxygens (including phenoxy) is 2. The van der Waals surface area contributed by atoms with Crippen LogP contribution in [0.4, 0.5) is 0 Å². The number of hydrogen-bond donors (Lipinski definition) is 0. The Morgan fingerprint density at radius 2 is 1.70 bits per heavy atom. The van der Waals surface area contributed by atoms with E-state index in [4.69, 9.17) is 14.3 Å². The van der Waals surface area contributed by atoms with Crippen LogP contribution in [0, 0.1) is 0 Å². The second-order valence-corrected chi connectivity index (χ2v) is 4.83. The lowest BCUT2D eigenvalue weighted by Crippen LogP contribution is -2.27. The minimum atomic E-state index is -0.297. The summed E-state index contributed by atoms with van der Waals surface area (Å²) in [6, 6.07) is 12.5. The van der Waals surface area contributed by atoms with Crippen LogP contribution in [0.3, 0.4) is 0 Å². The Kier molecular flexibility index (Phi) is 3.89. The molecule has 0 unspecified atom stereocenters. The Balaban J connectivity index is 2.30. The number of hydrogen-bond acceptors (Lipinski definition) is 5. The van der Waals surface area contributed by atoms with Crippen LogP contribution >= 0.6 is 0 Å². The standard InChI is InChI=1S/C17H16N2O4/c1-21-12-6-4-5-11(9-12)16-18-15-8-7-13(22-2)10-14(15)17(20)19(16)23-3/h4-10H,1-3H3. The minimum absolute atomic E-state index is 0.297. The number of aromatic nitrogens is 2. The maximum absolute atomic E-state index is 12.7. The summed E-state index contributed by atoms with van der Waals surface area (Å²) in [5, 5.41) is 0.429. The number of rotatable bonds is 4. The van der Waals surface area contributed by atoms with Crippen LogP contribution in [0.25, 0.3) is 22.3 Å². The van der Waals surface area contributed by atoms with Gasteiger partial charge in [-0.1, -0.05) is 12.1 Å². The third kappa shape index (κ3) is 2.59. The molecule has 6 nitrogen and oxygen atoms in total. The molecule has 0 bridgehead atoms. The third-order valence-electron chi connectivity index (χ3n) is 3.55. The average Bonchev–Trinajstić information content (AvgIpc) is 2.61. The summed E-state index contributed by atoms with van der Waals surface area (Å²) in [4.78, 5) is 22.5. The fraction of sp³-hybridized carbons (Fsp3) is 0.176. The number of nitrogens with zero attached hydrogens (tertiary/aromatic N) is 2. The van der Waals surface area contributed by atoms with Crippen molar-refractivity contribution in [3.63, 3.8) is 0 Å². The first-order valence-electron chi connectivity index (χ1n) is 6.97. The molecule has 0 radical (unpaired) electrons. The summed E-state index contributed by atoms with van der Waals surface area (Å²) in [6.07, 6.45) is 0. The molecule has 0 aliphatic carbocycles. The molecule has 0 saturated carbocycles. The lowest BCUT2D eigenvalue weighted by molar-refractivity contribution is 0.160. The van der Waals surface area contributed by atoms with Crippen LogP contribution in [-0.4, -0.2) is 31.0 Å². The highest BCUT2D eigenvalue weighted by molar-refractivity contribution is 5.81. The van der Waals surface area contributed by atoms with Gasteiger partial charge in [0.25, 0.3) is 5.56 Å². The van der Waals surface area contributed by atoms with Gasteiger partial charge in [-0.2, -0.15) is 0 Å². The van der Waals surface area contributed by atoms with Crippen LogP contribution < -0.4 is 19.9 Å². The summed E-state index contributed by atoms with van der Waals surface area (Å²) in [7, 11) is 4.56. The molecule has 3 rings (SSSR count). The monoisotopic (exact) mass is 312 g/mol. The van der Waals surface area contributed by atoms with Crippen molar-refractivity contribution in [2.24, 2.45) is 0 Å². The van der Waals surface area contributed by atoms with Gasteiger partial charge in [-0.05, 0) is 30.3 Å². The molecule has 1 aromatic heterocycles. The maximum Gasteiger partial charge on any atom is 0.294 e. The molecule has 0 fully saturated rings. The van der Waals surface area contributed by atoms with E-state index < -0.39 is 0 Å². The van der Waals surface area contributed by atoms with E-state index in [-0.39, 0.29) is 5.56 Å². The molecule has 23 heavy (non-hydrogen) atoms. The van der Waals surface area contributed by atoms with Gasteiger partial charge in [0.05, 0.1) is 25.1 Å². The summed E-state index contributed by atoms with van der Waals surface area (Å²) < 4.78 is 11.6. The summed E-state index contributed by atoms with van der Waals surface area (Å²) in [5.41, 5.74) is 0.997. The Hall–Kier alpha value is -3.02. The van der Waals surface area contributed by atoms with Crippen molar-refractivity contribution in [3.05, 3.63) is 52.8 Å². The number of benzene rings is 2. The molecule has 3 aromatic rings. The van der Waals surface area contributed by atoms with Gasteiger partial charge in [0, 0.05) is 5.56 Å². The van der Waals surface area contributed by atoms with Crippen LogP contribution in [0.5, 0.6) is 11.5 Å². The van der Waals surface area contributed by atoms with Gasteiger partial charge >= 0.3 is 0 Å². The molecule has 118 valence electrons. The Morgan fingerprint density at radius 3 is 2.39 bits per heavy atom. The topological polar surface area (TPSA) is 62.6 Å². The zero-order valence-corrected chi connectivity index (χ0v) is 13.1. The summed E-state index contributed by atoms with van der Waals surface area (Å²) in [6.45, 7) is 0. The molecule has 6 heteroatoms. The highest BCUT2D eigenvalue weighted by Gasteiger charge is 2.14. The molecule has 0 saturated heterocycles. The van der Waals surface area contributed by atoms with E-state index in [0.717, 1.165) is 10.3 Å². The van der Waals surface area contributed by atoms with Gasteiger partial charge < -0.3 is 14.3 Å². The van der Waals surface area contributed by atoms with E-state index in [1.165, 1.54) is 7.11 Å². The normalized spacial score (nSPS) is 10.6. The molecule has 0 amide bonds. The van der Waals surface area contributed by atoms with Crippen molar-refractivity contribution in [2.75, 3.05) is 21.3 Å². The van der Waals surface area contributed by atoms with Gasteiger partial charge in [-0.15, -0.1) is 4.73 Å². The molecular formula is C17H16N2O4. The van der Waals surface area contributed by atoms with Gasteiger partial charge in [0.1, 0.15) is 18.6 Å². The third-order valence-corrected chi connectivity index (χ3v) is 3.55. The van der Waals surface area contributed by atoms with Crippen LogP contribution in [0.2, 0.25) is 0 Å². The second kappa shape index (κ2) is 6.00. The first-order chi connectivity index (χ1) is 11.2. The molecule has 0 N–H and O–H groups in total. The molecule has 0 atom stereocenters. The van der Waals surface area contributed by atoms with Crippen molar-refractivity contribution in [1.29, 1.82) is 0 Å². The van der Waals surface area contributed by atoms with E-state index >= 15 is 0 Å². The predicted molar refractivity (Wildman–Crippen MR) is 87.0 cm³/mol. The average molecular weight is 312 g/mol. The summed E-state index contributed by atoms with van der Waals surface area (Å²) >= 11 is 0. The lowest BCUT2D eigenvalue weighted by atomic mass is 10.1. The van der Waals surface area contributed by atoms with E-state index in [1.807, 2.05) is 18.2 Å². The fourth-order valence-electron chi connectivity index (χ4n) is 2.39. The Morgan fingerprint density at radius 1 is 0.957 bits per heavy atom. The zero-order chi connectivity index (χ0) is 16.4. The molecule has 1 heterocycles. The predicted octanol–water partition coefficient (Wildman–Crippen LogP) is 2.14. The smallest absolute Gasteiger partial charge is 0.294 e. The number of methoxy groups -OCH3 is 2. The van der Waals surface area contributed by atoms with Crippen molar-refractivity contribution in [1.82, 2.24) is 9.71 Å². The molecular weight excluding hydrogens is 296 g/mol. The van der Waals surface area contributed by atoms with Gasteiger partial charge in [0.15, 0.2) is 5.82 Å². The first kappa shape index (κ1) is 14.9. The van der Waals surface area contributed by atoms with E-state index in [9.17, 15) is 4.79 Å². The molecule has 0 spiro atoms. The lowest BCUT2D eigenvalue weighted by Gasteiger charge is -2.12. The second-order valence-electron chi connectivity index (χ2n) is 4.83. The van der Waals surface area contributed by atoms with Gasteiger partial charge in [-0.3, -0.25) is 4.79 Å². The van der Waals surface area contributed by atoms with E-state index in [0.29, 0.717) is 28.2 Å². The molecule has 0 aliphatic heterocycles. The SMILES string of the molecule is COc1cccc(-c2nc3ccc(OC)cc3c(=O)n2OC)c1. The van der Waals surface area contributed by atoms with E-state index in [2.05, 4.69) is 4.98 Å². The minimum Gasteiger partial charge on any atom is -0.497 e. The Bertz CT molecular complexity index is 918. The van der Waals surface area contributed by atoms with Crippen molar-refractivity contribution in [2.45, 2.75) is 0 Å². The zero-order valence-electron chi connectivity index (χ0n) is 13.1. The van der Waals surface area contributed by atoms with Gasteiger partial charge in [0.2, 0.25) is 0 Å². The van der Waals surface area contributed by atoms with Crippen LogP contribution in [-0.2, 0) is 0 Å². The molecule has 2 aromatic carbocycles. The van der Waals surface area contributed by atoms with Crippen molar-refractivity contribution >= 4 is 10.9 Å².